The number of hydrogen-bond donors (Lipinski definition) is 1. The van der Waals surface area contributed by atoms with Gasteiger partial charge in [-0.15, -0.1) is 10.2 Å². The number of aromatic nitrogens is 3. The number of thioether (sulfide) groups is 1. The van der Waals surface area contributed by atoms with E-state index < -0.39 is 0 Å². The second kappa shape index (κ2) is 7.40. The molecule has 0 unspecified atom stereocenters. The molecule has 22 heavy (non-hydrogen) atoms. The van der Waals surface area contributed by atoms with Crippen molar-refractivity contribution in [2.75, 3.05) is 0 Å². The molecule has 0 radical (unpaired) electrons. The Kier molecular flexibility index (Phi) is 5.54. The minimum absolute atomic E-state index is 0.0106. The van der Waals surface area contributed by atoms with Crippen LogP contribution in [0.15, 0.2) is 29.4 Å². The van der Waals surface area contributed by atoms with E-state index in [1.165, 1.54) is 23.9 Å². The summed E-state index contributed by atoms with van der Waals surface area (Å²) in [5, 5.41) is 11.8. The molecule has 2 aromatic rings. The van der Waals surface area contributed by atoms with E-state index in [4.69, 9.17) is 0 Å². The van der Waals surface area contributed by atoms with Crippen molar-refractivity contribution >= 4 is 17.7 Å². The van der Waals surface area contributed by atoms with E-state index >= 15 is 0 Å². The van der Waals surface area contributed by atoms with Crippen molar-refractivity contribution in [3.8, 4) is 0 Å². The maximum absolute atomic E-state index is 12.9. The quantitative estimate of drug-likeness (QED) is 0.830. The number of rotatable bonds is 6. The summed E-state index contributed by atoms with van der Waals surface area (Å²) in [7, 11) is 1.86. The van der Waals surface area contributed by atoms with E-state index in [0.717, 1.165) is 10.7 Å². The van der Waals surface area contributed by atoms with Gasteiger partial charge in [-0.05, 0) is 17.7 Å². The average molecular weight is 322 g/mol. The topological polar surface area (TPSA) is 59.8 Å². The molecule has 0 spiro atoms. The van der Waals surface area contributed by atoms with Gasteiger partial charge in [0.2, 0.25) is 5.91 Å². The first-order chi connectivity index (χ1) is 10.5. The third kappa shape index (κ3) is 4.30. The number of nitrogens with one attached hydrogen (secondary N) is 1. The Morgan fingerprint density at radius 1 is 1.32 bits per heavy atom. The lowest BCUT2D eigenvalue weighted by atomic mass is 10.2. The number of hydrogen-bond acceptors (Lipinski definition) is 4. The Bertz CT molecular complexity index is 639. The number of carbonyl (C=O) groups excluding carboxylic acids is 1. The highest BCUT2D eigenvalue weighted by molar-refractivity contribution is 7.98. The number of nitrogens with zero attached hydrogens (tertiary/aromatic N) is 3. The van der Waals surface area contributed by atoms with Crippen molar-refractivity contribution in [3.05, 3.63) is 41.5 Å². The summed E-state index contributed by atoms with van der Waals surface area (Å²) in [6.07, 6.45) is 0. The molecule has 0 atom stereocenters. The number of amides is 1. The summed E-state index contributed by atoms with van der Waals surface area (Å²) in [4.78, 5) is 11.6. The van der Waals surface area contributed by atoms with Crippen LogP contribution < -0.4 is 5.32 Å². The standard InChI is InChI=1S/C15H19FN4OS/c1-10(2)14(21)17-8-13-18-19-15(20(13)3)22-9-11-4-6-12(16)7-5-11/h4-7,10H,8-9H2,1-3H3,(H,17,21). The lowest BCUT2D eigenvalue weighted by molar-refractivity contribution is -0.124. The fourth-order valence-corrected chi connectivity index (χ4v) is 2.61. The van der Waals surface area contributed by atoms with E-state index in [2.05, 4.69) is 15.5 Å². The highest BCUT2D eigenvalue weighted by Gasteiger charge is 2.12. The normalized spacial score (nSPS) is 11.0. The van der Waals surface area contributed by atoms with Crippen LogP contribution in [0.3, 0.4) is 0 Å². The summed E-state index contributed by atoms with van der Waals surface area (Å²) in [6.45, 7) is 4.05. The lowest BCUT2D eigenvalue weighted by Gasteiger charge is -2.07. The van der Waals surface area contributed by atoms with Crippen LogP contribution in [-0.4, -0.2) is 20.7 Å². The van der Waals surface area contributed by atoms with Gasteiger partial charge in [0, 0.05) is 18.7 Å². The molecule has 1 amide bonds. The summed E-state index contributed by atoms with van der Waals surface area (Å²) in [6, 6.07) is 6.39. The highest BCUT2D eigenvalue weighted by Crippen LogP contribution is 2.21. The van der Waals surface area contributed by atoms with Gasteiger partial charge in [0.15, 0.2) is 11.0 Å². The third-order valence-electron chi connectivity index (χ3n) is 3.15. The maximum Gasteiger partial charge on any atom is 0.222 e. The number of benzene rings is 1. The van der Waals surface area contributed by atoms with Crippen LogP contribution in [0.2, 0.25) is 0 Å². The minimum Gasteiger partial charge on any atom is -0.349 e. The van der Waals surface area contributed by atoms with Gasteiger partial charge in [0.25, 0.3) is 0 Å². The van der Waals surface area contributed by atoms with Crippen molar-refractivity contribution in [1.82, 2.24) is 20.1 Å². The Hall–Kier alpha value is -1.89. The van der Waals surface area contributed by atoms with Crippen molar-refractivity contribution < 1.29 is 9.18 Å². The summed E-state index contributed by atoms with van der Waals surface area (Å²) in [5.41, 5.74) is 1.02. The Morgan fingerprint density at radius 3 is 2.64 bits per heavy atom. The molecule has 0 saturated heterocycles. The Labute approximate surface area is 133 Å². The maximum atomic E-state index is 12.9. The predicted molar refractivity (Wildman–Crippen MR) is 83.6 cm³/mol. The van der Waals surface area contributed by atoms with Crippen molar-refractivity contribution in [2.45, 2.75) is 31.3 Å². The van der Waals surface area contributed by atoms with Gasteiger partial charge in [-0.3, -0.25) is 4.79 Å². The summed E-state index contributed by atoms with van der Waals surface area (Å²) < 4.78 is 14.7. The molecule has 0 aliphatic carbocycles. The van der Waals surface area contributed by atoms with E-state index in [1.54, 1.807) is 12.1 Å². The smallest absolute Gasteiger partial charge is 0.222 e. The molecule has 0 bridgehead atoms. The molecule has 0 fully saturated rings. The van der Waals surface area contributed by atoms with Gasteiger partial charge in [0.1, 0.15) is 5.82 Å². The van der Waals surface area contributed by atoms with Gasteiger partial charge in [-0.1, -0.05) is 37.7 Å². The monoisotopic (exact) mass is 322 g/mol. The summed E-state index contributed by atoms with van der Waals surface area (Å²) in [5.74, 6) is 1.08. The van der Waals surface area contributed by atoms with Crippen LogP contribution in [0.25, 0.3) is 0 Å². The fraction of sp³-hybridized carbons (Fsp3) is 0.400. The zero-order valence-electron chi connectivity index (χ0n) is 12.8. The van der Waals surface area contributed by atoms with Crippen LogP contribution in [-0.2, 0) is 24.1 Å². The second-order valence-corrected chi connectivity index (χ2v) is 6.19. The molecule has 0 aliphatic heterocycles. The molecule has 1 N–H and O–H groups in total. The Balaban J connectivity index is 1.93. The van der Waals surface area contributed by atoms with Crippen LogP contribution >= 0.6 is 11.8 Å². The number of carbonyl (C=O) groups is 1. The van der Waals surface area contributed by atoms with E-state index in [9.17, 15) is 9.18 Å². The SMILES string of the molecule is CC(C)C(=O)NCc1nnc(SCc2ccc(F)cc2)n1C. The van der Waals surface area contributed by atoms with Gasteiger partial charge in [-0.25, -0.2) is 4.39 Å². The minimum atomic E-state index is -0.240. The molecule has 0 saturated carbocycles. The van der Waals surface area contributed by atoms with Crippen LogP contribution in [0.1, 0.15) is 25.2 Å². The molecular weight excluding hydrogens is 303 g/mol. The van der Waals surface area contributed by atoms with Crippen molar-refractivity contribution in [3.63, 3.8) is 0 Å². The van der Waals surface area contributed by atoms with Gasteiger partial charge >= 0.3 is 0 Å². The number of halogens is 1. The highest BCUT2D eigenvalue weighted by atomic mass is 32.2. The molecule has 1 aromatic carbocycles. The largest absolute Gasteiger partial charge is 0.349 e. The zero-order chi connectivity index (χ0) is 16.1. The van der Waals surface area contributed by atoms with E-state index in [0.29, 0.717) is 18.1 Å². The fourth-order valence-electron chi connectivity index (χ4n) is 1.72. The lowest BCUT2D eigenvalue weighted by Crippen LogP contribution is -2.28. The van der Waals surface area contributed by atoms with E-state index in [-0.39, 0.29) is 17.6 Å². The molecular formula is C15H19FN4OS. The first kappa shape index (κ1) is 16.5. The zero-order valence-corrected chi connectivity index (χ0v) is 13.7. The molecule has 1 aromatic heterocycles. The molecule has 118 valence electrons. The molecule has 1 heterocycles. The van der Waals surface area contributed by atoms with Crippen molar-refractivity contribution in [1.29, 1.82) is 0 Å². The van der Waals surface area contributed by atoms with Gasteiger partial charge in [0.05, 0.1) is 6.54 Å². The Morgan fingerprint density at radius 2 is 2.00 bits per heavy atom. The van der Waals surface area contributed by atoms with E-state index in [1.807, 2.05) is 25.5 Å². The van der Waals surface area contributed by atoms with Crippen LogP contribution in [0.5, 0.6) is 0 Å². The molecule has 0 aliphatic rings. The third-order valence-corrected chi connectivity index (χ3v) is 4.24. The molecule has 5 nitrogen and oxygen atoms in total. The summed E-state index contributed by atoms with van der Waals surface area (Å²) >= 11 is 1.52. The predicted octanol–water partition coefficient (Wildman–Crippen LogP) is 2.52. The molecule has 7 heteroatoms. The second-order valence-electron chi connectivity index (χ2n) is 5.25. The first-order valence-electron chi connectivity index (χ1n) is 7.00. The van der Waals surface area contributed by atoms with Crippen molar-refractivity contribution in [2.24, 2.45) is 13.0 Å². The van der Waals surface area contributed by atoms with Gasteiger partial charge < -0.3 is 9.88 Å². The van der Waals surface area contributed by atoms with Crippen LogP contribution in [0.4, 0.5) is 4.39 Å². The average Bonchev–Trinajstić information content (AvgIpc) is 2.84. The van der Waals surface area contributed by atoms with Gasteiger partial charge in [-0.2, -0.15) is 0 Å². The first-order valence-corrected chi connectivity index (χ1v) is 7.99. The molecule has 2 rings (SSSR count). The van der Waals surface area contributed by atoms with Crippen LogP contribution in [0, 0.1) is 11.7 Å².